The third kappa shape index (κ3) is 6.70. The first kappa shape index (κ1) is 33.2. The Morgan fingerprint density at radius 3 is 2.66 bits per heavy atom. The van der Waals surface area contributed by atoms with Gasteiger partial charge in [-0.05, 0) is 76.2 Å². The Kier molecular flexibility index (Phi) is 10.3. The Labute approximate surface area is 277 Å². The number of hydrogen-bond donors (Lipinski definition) is 2. The van der Waals surface area contributed by atoms with Crippen molar-refractivity contribution in [1.82, 2.24) is 35.4 Å². The molecule has 2 N–H and O–H groups in total. The topological polar surface area (TPSA) is 121 Å². The highest BCUT2D eigenvalue weighted by molar-refractivity contribution is 6.33. The first-order valence-corrected chi connectivity index (χ1v) is 16.7. The molecule has 6 heterocycles. The maximum absolute atomic E-state index is 17.0. The number of halogens is 3. The Balaban J connectivity index is 0.00000190. The maximum Gasteiger partial charge on any atom is 0.319 e. The van der Waals surface area contributed by atoms with Crippen LogP contribution in [0, 0.1) is 5.82 Å². The van der Waals surface area contributed by atoms with Gasteiger partial charge in [-0.15, -0.1) is 0 Å². The summed E-state index contributed by atoms with van der Waals surface area (Å²) in [7, 11) is 0.500. The van der Waals surface area contributed by atoms with E-state index in [0.29, 0.717) is 64.9 Å². The number of fused-ring (bicyclic) bond motifs is 3. The fourth-order valence-corrected chi connectivity index (χ4v) is 7.60. The van der Waals surface area contributed by atoms with Gasteiger partial charge in [0, 0.05) is 48.7 Å². The number of aromatic nitrogens is 5. The van der Waals surface area contributed by atoms with Crippen molar-refractivity contribution < 1.29 is 23.0 Å². The molecule has 47 heavy (non-hydrogen) atoms. The van der Waals surface area contributed by atoms with Gasteiger partial charge in [0.1, 0.15) is 23.6 Å². The largest absolute Gasteiger partial charge is 0.466 e. The molecule has 0 unspecified atom stereocenters. The molecule has 7 rings (SSSR count). The third-order valence-corrected chi connectivity index (χ3v) is 9.81. The van der Waals surface area contributed by atoms with E-state index in [-0.39, 0.29) is 35.3 Å². The van der Waals surface area contributed by atoms with E-state index < -0.39 is 5.82 Å². The summed E-state index contributed by atoms with van der Waals surface area (Å²) in [5, 5.41) is 12.3. The Bertz CT molecular complexity index is 1720. The number of H-pyrrole nitrogens is 1. The van der Waals surface area contributed by atoms with Gasteiger partial charge in [0.15, 0.2) is 5.82 Å². The normalized spacial score (nSPS) is 17.8. The zero-order valence-electron chi connectivity index (χ0n) is 26.9. The second-order valence-corrected chi connectivity index (χ2v) is 12.7. The molecule has 252 valence electrons. The lowest BCUT2D eigenvalue weighted by molar-refractivity contribution is -0.141. The average Bonchev–Trinajstić information content (AvgIpc) is 3.74. The second-order valence-electron chi connectivity index (χ2n) is 12.3. The Hall–Kier alpha value is -3.68. The van der Waals surface area contributed by atoms with Crippen LogP contribution in [0.1, 0.15) is 51.0 Å². The number of ether oxygens (including phenoxy) is 2. The highest BCUT2D eigenvalue weighted by Crippen LogP contribution is 2.41. The molecule has 11 nitrogen and oxygen atoms in total. The summed E-state index contributed by atoms with van der Waals surface area (Å²) < 4.78 is 38.0. The molecule has 0 bridgehead atoms. The number of benzene rings is 1. The lowest BCUT2D eigenvalue weighted by Gasteiger charge is -2.31. The molecule has 0 radical (unpaired) electrons. The van der Waals surface area contributed by atoms with Crippen molar-refractivity contribution in [2.45, 2.75) is 57.4 Å². The molecule has 3 fully saturated rings. The summed E-state index contributed by atoms with van der Waals surface area (Å²) in [6.45, 7) is 7.46. The van der Waals surface area contributed by atoms with Gasteiger partial charge in [0.25, 0.3) is 0 Å². The number of aromatic amines is 1. The van der Waals surface area contributed by atoms with E-state index in [2.05, 4.69) is 25.3 Å². The van der Waals surface area contributed by atoms with Crippen LogP contribution in [0.5, 0.6) is 6.01 Å². The fourth-order valence-electron chi connectivity index (χ4n) is 7.30. The summed E-state index contributed by atoms with van der Waals surface area (Å²) in [4.78, 5) is 30.3. The minimum atomic E-state index is -0.568. The number of rotatable bonds is 9. The van der Waals surface area contributed by atoms with Gasteiger partial charge in [0.2, 0.25) is 0 Å². The first-order chi connectivity index (χ1) is 22.9. The molecule has 14 heteroatoms. The average molecular weight is 671 g/mol. The van der Waals surface area contributed by atoms with Crippen LogP contribution >= 0.6 is 11.6 Å². The number of anilines is 1. The van der Waals surface area contributed by atoms with Gasteiger partial charge in [-0.1, -0.05) is 11.6 Å². The highest BCUT2D eigenvalue weighted by Gasteiger charge is 2.45. The van der Waals surface area contributed by atoms with E-state index in [1.807, 2.05) is 0 Å². The number of esters is 1. The summed E-state index contributed by atoms with van der Waals surface area (Å²) in [6, 6.07) is 1.96. The molecule has 3 aliphatic heterocycles. The lowest BCUT2D eigenvalue weighted by atomic mass is 9.95. The van der Waals surface area contributed by atoms with Crippen LogP contribution < -0.4 is 15.0 Å². The van der Waals surface area contributed by atoms with Crippen molar-refractivity contribution in [1.29, 1.82) is 0 Å². The number of nitrogens with one attached hydrogen (secondary N) is 2. The van der Waals surface area contributed by atoms with Crippen LogP contribution in [-0.2, 0) is 16.0 Å². The van der Waals surface area contributed by atoms with Gasteiger partial charge < -0.3 is 19.7 Å². The van der Waals surface area contributed by atoms with Crippen molar-refractivity contribution >= 4 is 45.2 Å². The molecule has 0 aliphatic carbocycles. The van der Waals surface area contributed by atoms with E-state index in [1.54, 1.807) is 18.5 Å². The number of carbonyl (C=O) groups is 1. The number of hydrogen-bond acceptors (Lipinski definition) is 10. The second kappa shape index (κ2) is 14.6. The molecule has 3 saturated heterocycles. The molecular weight excluding hydrogens is 630 g/mol. The summed E-state index contributed by atoms with van der Waals surface area (Å²) in [5.41, 5.74) is 2.20. The number of alkyl halides is 1. The molecule has 3 aromatic heterocycles. The van der Waals surface area contributed by atoms with Crippen molar-refractivity contribution in [3.8, 4) is 17.3 Å². The van der Waals surface area contributed by atoms with E-state index in [9.17, 15) is 9.18 Å². The summed E-state index contributed by atoms with van der Waals surface area (Å²) in [5.74, 6) is -0.290. The van der Waals surface area contributed by atoms with Crippen LogP contribution in [-0.4, -0.2) is 101 Å². The lowest BCUT2D eigenvalue weighted by Crippen LogP contribution is -2.43. The van der Waals surface area contributed by atoms with E-state index in [4.69, 9.17) is 36.0 Å². The zero-order chi connectivity index (χ0) is 33.0. The van der Waals surface area contributed by atoms with Crippen LogP contribution in [0.15, 0.2) is 18.5 Å². The molecule has 0 atom stereocenters. The molecule has 1 aromatic carbocycles. The van der Waals surface area contributed by atoms with E-state index in [1.165, 1.54) is 6.92 Å². The number of carbonyl (C=O) groups excluding carboxylic acids is 1. The molecule has 0 saturated carbocycles. The van der Waals surface area contributed by atoms with Crippen LogP contribution in [0.25, 0.3) is 33.1 Å². The number of nitrogens with zero attached hydrogens (tertiary/aromatic N) is 6. The van der Waals surface area contributed by atoms with Crippen molar-refractivity contribution in [3.63, 3.8) is 0 Å². The van der Waals surface area contributed by atoms with Crippen LogP contribution in [0.3, 0.4) is 0 Å². The molecule has 4 aromatic rings. The predicted molar refractivity (Wildman–Crippen MR) is 177 cm³/mol. The Morgan fingerprint density at radius 1 is 1.06 bits per heavy atom. The summed E-state index contributed by atoms with van der Waals surface area (Å²) >= 11 is 6.77. The third-order valence-electron chi connectivity index (χ3n) is 9.48. The monoisotopic (exact) mass is 670 g/mol. The predicted octanol–water partition coefficient (Wildman–Crippen LogP) is 5.25. The molecular formula is C33H41ClF2N8O3. The Morgan fingerprint density at radius 2 is 1.87 bits per heavy atom. The van der Waals surface area contributed by atoms with Crippen molar-refractivity contribution in [2.24, 2.45) is 0 Å². The first-order valence-electron chi connectivity index (χ1n) is 16.3. The van der Waals surface area contributed by atoms with E-state index in [0.717, 1.165) is 71.4 Å². The smallest absolute Gasteiger partial charge is 0.319 e. The van der Waals surface area contributed by atoms with Gasteiger partial charge in [-0.3, -0.25) is 24.2 Å². The summed E-state index contributed by atoms with van der Waals surface area (Å²) in [6.07, 6.45) is 9.70. The van der Waals surface area contributed by atoms with Crippen molar-refractivity contribution in [3.05, 3.63) is 34.9 Å². The zero-order valence-corrected chi connectivity index (χ0v) is 27.6. The van der Waals surface area contributed by atoms with Crippen molar-refractivity contribution in [2.75, 3.05) is 64.6 Å². The minimum absolute atomic E-state index is 0.00162. The van der Waals surface area contributed by atoms with Gasteiger partial charge in [-0.2, -0.15) is 15.1 Å². The SMILES string of the molecule is CC(=O)OCCCc1c(Cl)cc2[nH]ncc2c1-c1ncc2c(N3CCCNCC3)nc(OCC34CCCN3CCC4)nc2c1F.CF. The fraction of sp³-hybridized carbons (Fsp3) is 0.545. The van der Waals surface area contributed by atoms with Gasteiger partial charge in [-0.25, -0.2) is 4.39 Å². The van der Waals surface area contributed by atoms with Gasteiger partial charge >= 0.3 is 12.0 Å². The number of pyridine rings is 1. The molecule has 3 aliphatic rings. The standard InChI is InChI=1S/C32H38ClFN8O3.CH3F/c1-20(43)44-15-2-6-21-24(33)16-25-22(18-37-40-25)26(21)29-27(34)28-23(17-36-29)30(41-11-5-9-35-10-14-41)39-31(38-28)45-19-32-7-3-12-42(32)13-4-8-32;1-2/h16-18,35H,2-15,19H2,1H3,(H,37,40);1H3. The van der Waals surface area contributed by atoms with Crippen LogP contribution in [0.2, 0.25) is 5.02 Å². The maximum atomic E-state index is 17.0. The molecule has 0 spiro atoms. The molecule has 0 amide bonds. The van der Waals surface area contributed by atoms with E-state index >= 15 is 4.39 Å². The quantitative estimate of drug-likeness (QED) is 0.180. The van der Waals surface area contributed by atoms with Crippen LogP contribution in [0.4, 0.5) is 14.6 Å². The highest BCUT2D eigenvalue weighted by atomic mass is 35.5. The van der Waals surface area contributed by atoms with Gasteiger partial charge in [0.05, 0.1) is 36.4 Å². The minimum Gasteiger partial charge on any atom is -0.466 e.